The molecule has 268 valence electrons. The van der Waals surface area contributed by atoms with E-state index < -0.39 is 11.7 Å². The lowest BCUT2D eigenvalue weighted by atomic mass is 10.0. The Labute approximate surface area is 302 Å². The molecule has 0 aliphatic carbocycles. The van der Waals surface area contributed by atoms with Gasteiger partial charge in [0.2, 0.25) is 11.7 Å². The summed E-state index contributed by atoms with van der Waals surface area (Å²) in [6, 6.07) is 19.6. The van der Waals surface area contributed by atoms with Crippen molar-refractivity contribution in [3.63, 3.8) is 0 Å². The van der Waals surface area contributed by atoms with Crippen LogP contribution in [0.3, 0.4) is 0 Å². The van der Waals surface area contributed by atoms with Crippen LogP contribution in [0.25, 0.3) is 33.4 Å². The number of H-pyrrole nitrogens is 1. The lowest BCUT2D eigenvalue weighted by Gasteiger charge is -2.27. The van der Waals surface area contributed by atoms with Crippen molar-refractivity contribution in [2.24, 2.45) is 0 Å². The van der Waals surface area contributed by atoms with E-state index in [1.165, 1.54) is 0 Å². The van der Waals surface area contributed by atoms with Gasteiger partial charge in [-0.05, 0) is 81.0 Å². The molecule has 1 aliphatic heterocycles. The van der Waals surface area contributed by atoms with Gasteiger partial charge in [0, 0.05) is 66.4 Å². The van der Waals surface area contributed by atoms with Crippen LogP contribution in [-0.2, 0) is 20.8 Å². The number of aromatic amines is 1. The number of tetrazole rings is 1. The van der Waals surface area contributed by atoms with Gasteiger partial charge in [0.1, 0.15) is 5.60 Å². The first-order valence-electron chi connectivity index (χ1n) is 17.3. The second kappa shape index (κ2) is 16.3. The summed E-state index contributed by atoms with van der Waals surface area (Å²) in [5.74, 6) is 0.327. The summed E-state index contributed by atoms with van der Waals surface area (Å²) in [4.78, 5) is 27.6. The van der Waals surface area contributed by atoms with Crippen LogP contribution in [0.4, 0.5) is 10.5 Å². The number of carbonyl (C=O) groups excluding carboxylic acids is 2. The van der Waals surface area contributed by atoms with Crippen LogP contribution >= 0.6 is 11.6 Å². The van der Waals surface area contributed by atoms with Gasteiger partial charge >= 0.3 is 6.09 Å². The molecule has 3 aromatic carbocycles. The monoisotopic (exact) mass is 713 g/mol. The highest BCUT2D eigenvalue weighted by Gasteiger charge is 2.24. The van der Waals surface area contributed by atoms with E-state index in [4.69, 9.17) is 21.1 Å². The average molecular weight is 714 g/mol. The minimum absolute atomic E-state index is 0.121. The van der Waals surface area contributed by atoms with Crippen LogP contribution in [0.5, 0.6) is 0 Å². The number of halogens is 1. The van der Waals surface area contributed by atoms with E-state index in [9.17, 15) is 9.59 Å². The standard InChI is InChI=1S/C37H44ClN9O4/c1-37(2,3)51-36(49)46(24-25-13-14-28(30(38)20-25)26-10-5-4-6-11-26)18-15-33(48)40-17-9-16-39-31-21-27(35-42-44-45-43-35)22-32-29(31)23-41-47(32)34-12-7-8-19-50-34/h4-6,10-11,13-14,20-23,34,39H,7-9,12,15-19,24H2,1-3H3,(H,40,48)(H,42,43,44,45). The van der Waals surface area contributed by atoms with Crippen molar-refractivity contribution >= 4 is 40.2 Å². The number of nitrogens with one attached hydrogen (secondary N) is 3. The summed E-state index contributed by atoms with van der Waals surface area (Å²) in [6.07, 6.45) is 5.06. The molecule has 2 aromatic heterocycles. The number of aromatic nitrogens is 6. The van der Waals surface area contributed by atoms with Gasteiger partial charge in [-0.2, -0.15) is 10.3 Å². The molecule has 0 bridgehead atoms. The van der Waals surface area contributed by atoms with Crippen molar-refractivity contribution < 1.29 is 19.1 Å². The van der Waals surface area contributed by atoms with Gasteiger partial charge in [-0.25, -0.2) is 9.48 Å². The summed E-state index contributed by atoms with van der Waals surface area (Å²) >= 11 is 6.65. The van der Waals surface area contributed by atoms with Crippen molar-refractivity contribution in [1.82, 2.24) is 40.6 Å². The van der Waals surface area contributed by atoms with Crippen LogP contribution in [-0.4, -0.2) is 79.1 Å². The first kappa shape index (κ1) is 35.8. The Hall–Kier alpha value is -5.01. The SMILES string of the molecule is CC(C)(C)OC(=O)N(CCC(=O)NCCCNc1cc(-c2nn[nH]n2)cc2c1cnn2C1CCCCO1)Cc1ccc(-c2ccccc2)c(Cl)c1. The van der Waals surface area contributed by atoms with Crippen molar-refractivity contribution in [3.8, 4) is 22.5 Å². The Kier molecular flexibility index (Phi) is 11.5. The normalized spacial score (nSPS) is 14.7. The fraction of sp³-hybridized carbons (Fsp3) is 0.405. The lowest BCUT2D eigenvalue weighted by Crippen LogP contribution is -2.39. The zero-order chi connectivity index (χ0) is 35.8. The smallest absolute Gasteiger partial charge is 0.410 e. The zero-order valence-corrected chi connectivity index (χ0v) is 29.9. The fourth-order valence-corrected chi connectivity index (χ4v) is 6.32. The Morgan fingerprint density at radius 2 is 1.92 bits per heavy atom. The molecular weight excluding hydrogens is 670 g/mol. The predicted octanol–water partition coefficient (Wildman–Crippen LogP) is 6.98. The predicted molar refractivity (Wildman–Crippen MR) is 196 cm³/mol. The number of amides is 2. The van der Waals surface area contributed by atoms with Crippen LogP contribution in [0.2, 0.25) is 5.02 Å². The maximum Gasteiger partial charge on any atom is 0.410 e. The molecule has 0 spiro atoms. The third-order valence-corrected chi connectivity index (χ3v) is 8.80. The zero-order valence-electron chi connectivity index (χ0n) is 29.2. The van der Waals surface area contributed by atoms with Gasteiger partial charge in [-0.3, -0.25) is 4.79 Å². The quantitative estimate of drug-likeness (QED) is 0.110. The van der Waals surface area contributed by atoms with Crippen molar-refractivity contribution in [3.05, 3.63) is 77.4 Å². The molecule has 1 unspecified atom stereocenters. The van der Waals surface area contributed by atoms with E-state index in [0.717, 1.165) is 58.1 Å². The number of ether oxygens (including phenoxy) is 2. The van der Waals surface area contributed by atoms with Gasteiger partial charge in [-0.15, -0.1) is 10.2 Å². The van der Waals surface area contributed by atoms with E-state index in [1.807, 2.05) is 92.3 Å². The molecule has 0 radical (unpaired) electrons. The lowest BCUT2D eigenvalue weighted by molar-refractivity contribution is -0.121. The van der Waals surface area contributed by atoms with Crippen LogP contribution < -0.4 is 10.6 Å². The molecule has 1 fully saturated rings. The number of carbonyl (C=O) groups is 2. The highest BCUT2D eigenvalue weighted by molar-refractivity contribution is 6.33. The minimum atomic E-state index is -0.682. The largest absolute Gasteiger partial charge is 0.444 e. The molecule has 14 heteroatoms. The maximum atomic E-state index is 13.2. The number of fused-ring (bicyclic) bond motifs is 1. The first-order chi connectivity index (χ1) is 24.6. The Balaban J connectivity index is 1.04. The molecule has 1 aliphatic rings. The Morgan fingerprint density at radius 1 is 1.08 bits per heavy atom. The molecule has 13 nitrogen and oxygen atoms in total. The number of hydrogen-bond acceptors (Lipinski definition) is 9. The number of benzene rings is 3. The van der Waals surface area contributed by atoms with Crippen LogP contribution in [0.1, 0.15) is 64.7 Å². The van der Waals surface area contributed by atoms with Gasteiger partial charge < -0.3 is 25.0 Å². The summed E-state index contributed by atoms with van der Waals surface area (Å²) in [5.41, 5.74) is 4.68. The van der Waals surface area contributed by atoms with Gasteiger partial charge in [0.05, 0.1) is 11.7 Å². The maximum absolute atomic E-state index is 13.2. The van der Waals surface area contributed by atoms with E-state index in [2.05, 4.69) is 36.4 Å². The molecule has 3 N–H and O–H groups in total. The van der Waals surface area contributed by atoms with Crippen molar-refractivity contribution in [2.75, 3.05) is 31.6 Å². The third-order valence-electron chi connectivity index (χ3n) is 8.49. The summed E-state index contributed by atoms with van der Waals surface area (Å²) in [5, 5.41) is 27.3. The fourth-order valence-electron chi connectivity index (χ4n) is 6.01. The summed E-state index contributed by atoms with van der Waals surface area (Å²) < 4.78 is 13.6. The first-order valence-corrected chi connectivity index (χ1v) is 17.7. The number of anilines is 1. The molecule has 6 rings (SSSR count). The van der Waals surface area contributed by atoms with Crippen molar-refractivity contribution in [2.45, 2.75) is 71.2 Å². The number of hydrogen-bond donors (Lipinski definition) is 3. The van der Waals surface area contributed by atoms with E-state index in [1.54, 1.807) is 4.90 Å². The molecule has 2 amide bonds. The van der Waals surface area contributed by atoms with Gasteiger partial charge in [0.25, 0.3) is 0 Å². The van der Waals surface area contributed by atoms with E-state index >= 15 is 0 Å². The average Bonchev–Trinajstić information content (AvgIpc) is 3.81. The Bertz CT molecular complexity index is 1920. The summed E-state index contributed by atoms with van der Waals surface area (Å²) in [6.45, 7) is 7.66. The highest BCUT2D eigenvalue weighted by atomic mass is 35.5. The Morgan fingerprint density at radius 3 is 2.65 bits per heavy atom. The third kappa shape index (κ3) is 9.41. The summed E-state index contributed by atoms with van der Waals surface area (Å²) in [7, 11) is 0. The number of rotatable bonds is 13. The van der Waals surface area contributed by atoms with Crippen LogP contribution in [0, 0.1) is 0 Å². The minimum Gasteiger partial charge on any atom is -0.444 e. The molecule has 3 heterocycles. The molecule has 0 saturated carbocycles. The molecular formula is C37H44ClN9O4. The van der Waals surface area contributed by atoms with Gasteiger partial charge in [-0.1, -0.05) is 54.1 Å². The van der Waals surface area contributed by atoms with E-state index in [0.29, 0.717) is 37.0 Å². The number of nitrogens with zero attached hydrogens (tertiary/aromatic N) is 6. The van der Waals surface area contributed by atoms with Crippen molar-refractivity contribution in [1.29, 1.82) is 0 Å². The molecule has 5 aromatic rings. The second-order valence-electron chi connectivity index (χ2n) is 13.6. The molecule has 1 atom stereocenters. The molecule has 51 heavy (non-hydrogen) atoms. The highest BCUT2D eigenvalue weighted by Crippen LogP contribution is 2.33. The second-order valence-corrected chi connectivity index (χ2v) is 14.0. The topological polar surface area (TPSA) is 152 Å². The van der Waals surface area contributed by atoms with Gasteiger partial charge in [0.15, 0.2) is 6.23 Å². The van der Waals surface area contributed by atoms with Crippen LogP contribution in [0.15, 0.2) is 66.9 Å². The van der Waals surface area contributed by atoms with E-state index in [-0.39, 0.29) is 31.6 Å². The molecule has 1 saturated heterocycles.